The number of allylic oxidation sites excluding steroid dienone is 17. The van der Waals surface area contributed by atoms with Crippen LogP contribution in [0.1, 0.15) is 132 Å². The van der Waals surface area contributed by atoms with Gasteiger partial charge in [-0.05, 0) is 86.0 Å². The molecule has 0 heterocycles. The van der Waals surface area contributed by atoms with Gasteiger partial charge in [-0.15, -0.1) is 0 Å². The first-order chi connectivity index (χ1) is 25.6. The number of hydrogen-bond donors (Lipinski definition) is 0. The third-order valence-corrected chi connectivity index (χ3v) is 17.8. The van der Waals surface area contributed by atoms with Crippen molar-refractivity contribution in [2.75, 3.05) is 0 Å². The van der Waals surface area contributed by atoms with E-state index in [4.69, 9.17) is 0 Å². The molecule has 8 rings (SSSR count). The van der Waals surface area contributed by atoms with Crippen LogP contribution in [0, 0.1) is 37.9 Å². The van der Waals surface area contributed by atoms with Crippen molar-refractivity contribution in [2.24, 2.45) is 37.9 Å². The van der Waals surface area contributed by atoms with Gasteiger partial charge in [0.1, 0.15) is 0 Å². The second-order valence-corrected chi connectivity index (χ2v) is 21.4. The van der Waals surface area contributed by atoms with Gasteiger partial charge in [0.25, 0.3) is 0 Å². The maximum absolute atomic E-state index is 2.72. The standard InChI is InChI=1S/C55H66/c1-37-45(38-21-15-16-22-38)44(46(39-23-27-41(28-24-39)47(2,3)4)40-25-29-42(30-26-40)48(5,6)7)35-43-36-53(12)51(10)33-18-17-31-49(51,8)50(9)32-19-20-34-52(50,11)55(53,14)54(37,43)13/h15-21,23-35H,22,36H2,1-14H3. The molecule has 0 heteroatoms. The zero-order valence-corrected chi connectivity index (χ0v) is 36.5. The van der Waals surface area contributed by atoms with Gasteiger partial charge in [0.05, 0.1) is 0 Å². The largest absolute Gasteiger partial charge is 0.0801 e. The van der Waals surface area contributed by atoms with Crippen LogP contribution in [0.15, 0.2) is 149 Å². The molecule has 2 aromatic rings. The van der Waals surface area contributed by atoms with Crippen LogP contribution in [0.25, 0.3) is 5.57 Å². The molecule has 2 saturated carbocycles. The van der Waals surface area contributed by atoms with Crippen molar-refractivity contribution in [3.05, 3.63) is 172 Å². The molecule has 0 aromatic heterocycles. The molecule has 0 spiro atoms. The van der Waals surface area contributed by atoms with Crippen LogP contribution in [0.2, 0.25) is 0 Å². The zero-order chi connectivity index (χ0) is 39.8. The first kappa shape index (κ1) is 38.0. The predicted octanol–water partition coefficient (Wildman–Crippen LogP) is 14.9. The van der Waals surface area contributed by atoms with Crippen LogP contribution in [0.5, 0.6) is 0 Å². The minimum Gasteiger partial charge on any atom is -0.0801 e. The third-order valence-electron chi connectivity index (χ3n) is 17.8. The van der Waals surface area contributed by atoms with E-state index in [-0.39, 0.29) is 48.7 Å². The fourth-order valence-electron chi connectivity index (χ4n) is 13.5. The lowest BCUT2D eigenvalue weighted by Gasteiger charge is -2.79. The molecule has 7 unspecified atom stereocenters. The van der Waals surface area contributed by atoms with Crippen molar-refractivity contribution >= 4 is 5.57 Å². The van der Waals surface area contributed by atoms with Gasteiger partial charge in [0, 0.05) is 27.1 Å². The molecule has 2 aromatic carbocycles. The Morgan fingerprint density at radius 1 is 0.564 bits per heavy atom. The Morgan fingerprint density at radius 3 is 1.47 bits per heavy atom. The van der Waals surface area contributed by atoms with E-state index in [1.807, 2.05) is 0 Å². The highest BCUT2D eigenvalue weighted by molar-refractivity contribution is 5.89. The summed E-state index contributed by atoms with van der Waals surface area (Å²) >= 11 is 0. The lowest BCUT2D eigenvalue weighted by atomic mass is 9.24. The highest BCUT2D eigenvalue weighted by atomic mass is 14.9. The molecular weight excluding hydrogens is 661 g/mol. The van der Waals surface area contributed by atoms with Gasteiger partial charge in [-0.2, -0.15) is 0 Å². The van der Waals surface area contributed by atoms with Crippen molar-refractivity contribution < 1.29 is 0 Å². The minimum atomic E-state index is -0.188. The van der Waals surface area contributed by atoms with E-state index in [0.29, 0.717) is 0 Å². The summed E-state index contributed by atoms with van der Waals surface area (Å²) in [5.41, 5.74) is 13.4. The normalized spacial score (nSPS) is 37.4. The molecule has 2 fully saturated rings. The molecule has 6 aliphatic rings. The Hall–Kier alpha value is -3.90. The van der Waals surface area contributed by atoms with E-state index < -0.39 is 0 Å². The van der Waals surface area contributed by atoms with E-state index in [1.165, 1.54) is 50.1 Å². The maximum Gasteiger partial charge on any atom is 0.0170 e. The molecular formula is C55H66. The fraction of sp³-hybridized carbons (Fsp3) is 0.455. The Kier molecular flexibility index (Phi) is 8.00. The summed E-state index contributed by atoms with van der Waals surface area (Å²) in [7, 11) is 0. The van der Waals surface area contributed by atoms with Crippen molar-refractivity contribution in [3.63, 3.8) is 0 Å². The highest BCUT2D eigenvalue weighted by Crippen LogP contribution is 2.90. The summed E-state index contributed by atoms with van der Waals surface area (Å²) in [5, 5.41) is 0. The summed E-state index contributed by atoms with van der Waals surface area (Å²) in [6, 6.07) is 19.1. The molecule has 0 radical (unpaired) electrons. The van der Waals surface area contributed by atoms with E-state index in [2.05, 4.69) is 218 Å². The maximum atomic E-state index is 2.72. The number of fused-ring (bicyclic) bond motifs is 8. The molecule has 0 amide bonds. The average Bonchev–Trinajstić information content (AvgIpc) is 3.72. The summed E-state index contributed by atoms with van der Waals surface area (Å²) < 4.78 is 0. The Morgan fingerprint density at radius 2 is 1.02 bits per heavy atom. The Bertz CT molecular complexity index is 2190. The molecule has 7 atom stereocenters. The molecule has 286 valence electrons. The summed E-state index contributed by atoms with van der Waals surface area (Å²) in [6.07, 6.45) is 31.6. The quantitative estimate of drug-likeness (QED) is 0.295. The predicted molar refractivity (Wildman–Crippen MR) is 237 cm³/mol. The average molecular weight is 727 g/mol. The van der Waals surface area contributed by atoms with Crippen molar-refractivity contribution in [3.8, 4) is 0 Å². The van der Waals surface area contributed by atoms with E-state index in [1.54, 1.807) is 5.57 Å². The topological polar surface area (TPSA) is 0 Å². The van der Waals surface area contributed by atoms with Crippen LogP contribution in [0.3, 0.4) is 0 Å². The van der Waals surface area contributed by atoms with E-state index in [0.717, 1.165) is 12.8 Å². The first-order valence-corrected chi connectivity index (χ1v) is 21.0. The van der Waals surface area contributed by atoms with Gasteiger partial charge in [-0.25, -0.2) is 0 Å². The van der Waals surface area contributed by atoms with Crippen LogP contribution in [-0.2, 0) is 10.8 Å². The van der Waals surface area contributed by atoms with Crippen LogP contribution in [0.4, 0.5) is 0 Å². The second kappa shape index (κ2) is 11.6. The SMILES string of the molecule is CC1=C(C2=CC=CC2)C(=C(c2ccc(C(C)(C)C)cc2)c2ccc(C(C)(C)C)cc2)C=C2CC3(C)C4(C)C=CC=CC4(C)C4(C)C=CC=CC4(C)C3(C)C21C. The fourth-order valence-corrected chi connectivity index (χ4v) is 13.5. The number of rotatable bonds is 3. The van der Waals surface area contributed by atoms with Gasteiger partial charge in [-0.1, -0.05) is 223 Å². The third kappa shape index (κ3) is 4.47. The summed E-state index contributed by atoms with van der Waals surface area (Å²) in [6.45, 7) is 34.9. The number of hydrogen-bond acceptors (Lipinski definition) is 0. The molecule has 55 heavy (non-hydrogen) atoms. The first-order valence-electron chi connectivity index (χ1n) is 21.0. The lowest BCUT2D eigenvalue weighted by Crippen LogP contribution is -2.74. The molecule has 0 bridgehead atoms. The highest BCUT2D eigenvalue weighted by Gasteiger charge is 2.84. The van der Waals surface area contributed by atoms with Gasteiger partial charge in [0.15, 0.2) is 0 Å². The Labute approximate surface area is 334 Å². The Balaban J connectivity index is 1.48. The van der Waals surface area contributed by atoms with Gasteiger partial charge in [-0.3, -0.25) is 0 Å². The van der Waals surface area contributed by atoms with Gasteiger partial charge in [0.2, 0.25) is 0 Å². The van der Waals surface area contributed by atoms with Gasteiger partial charge < -0.3 is 0 Å². The minimum absolute atomic E-state index is 0.0621. The number of benzene rings is 2. The molecule has 0 aliphatic heterocycles. The molecule has 6 aliphatic carbocycles. The lowest BCUT2D eigenvalue weighted by molar-refractivity contribution is -0.261. The van der Waals surface area contributed by atoms with E-state index in [9.17, 15) is 0 Å². The zero-order valence-electron chi connectivity index (χ0n) is 36.5. The van der Waals surface area contributed by atoms with Crippen molar-refractivity contribution in [1.82, 2.24) is 0 Å². The van der Waals surface area contributed by atoms with Crippen molar-refractivity contribution in [2.45, 2.75) is 121 Å². The smallest absolute Gasteiger partial charge is 0.0170 e. The second-order valence-electron chi connectivity index (χ2n) is 21.4. The van der Waals surface area contributed by atoms with Crippen LogP contribution in [-0.4, -0.2) is 0 Å². The molecule has 0 saturated heterocycles. The summed E-state index contributed by atoms with van der Waals surface area (Å²) in [5.74, 6) is 0. The van der Waals surface area contributed by atoms with Gasteiger partial charge >= 0.3 is 0 Å². The van der Waals surface area contributed by atoms with Crippen LogP contribution >= 0.6 is 0 Å². The molecule has 0 N–H and O–H groups in total. The van der Waals surface area contributed by atoms with Crippen LogP contribution < -0.4 is 0 Å². The summed E-state index contributed by atoms with van der Waals surface area (Å²) in [4.78, 5) is 0. The van der Waals surface area contributed by atoms with Crippen molar-refractivity contribution in [1.29, 1.82) is 0 Å². The van der Waals surface area contributed by atoms with E-state index >= 15 is 0 Å². The monoisotopic (exact) mass is 727 g/mol. The molecule has 0 nitrogen and oxygen atoms in total.